The molecule has 0 unspecified atom stereocenters. The third-order valence-corrected chi connectivity index (χ3v) is 3.92. The molecule has 1 N–H and O–H groups in total. The number of benzene rings is 2. The summed E-state index contributed by atoms with van der Waals surface area (Å²) in [6, 6.07) is 13.9. The average Bonchev–Trinajstić information content (AvgIpc) is 2.76. The van der Waals surface area contributed by atoms with Crippen molar-refractivity contribution in [3.8, 4) is 0 Å². The second-order valence-corrected chi connectivity index (χ2v) is 5.54. The van der Waals surface area contributed by atoms with Gasteiger partial charge in [0, 0.05) is 10.7 Å². The fourth-order valence-electron chi connectivity index (χ4n) is 1.77. The topological polar surface area (TPSA) is 24.9 Å². The zero-order valence-corrected chi connectivity index (χ0v) is 11.3. The molecule has 0 atom stereocenters. The third kappa shape index (κ3) is 2.19. The first-order valence-corrected chi connectivity index (χ1v) is 6.80. The lowest BCUT2D eigenvalue weighted by Gasteiger charge is -2.06. The second-order valence-electron chi connectivity index (χ2n) is 4.07. The number of rotatable bonds is 2. The molecular formula is C14H11ClN2S. The molecule has 0 saturated carbocycles. The van der Waals surface area contributed by atoms with Crippen LogP contribution < -0.4 is 5.32 Å². The zero-order chi connectivity index (χ0) is 12.5. The van der Waals surface area contributed by atoms with Crippen molar-refractivity contribution in [1.82, 2.24) is 4.98 Å². The molecule has 1 aromatic heterocycles. The van der Waals surface area contributed by atoms with Crippen LogP contribution in [0.5, 0.6) is 0 Å². The first-order valence-electron chi connectivity index (χ1n) is 5.61. The van der Waals surface area contributed by atoms with Crippen LogP contribution in [0.4, 0.5) is 10.8 Å². The molecule has 90 valence electrons. The highest BCUT2D eigenvalue weighted by Gasteiger charge is 2.05. The van der Waals surface area contributed by atoms with Crippen LogP contribution in [0.2, 0.25) is 5.02 Å². The van der Waals surface area contributed by atoms with Crippen LogP contribution in [0.15, 0.2) is 42.5 Å². The smallest absolute Gasteiger partial charge is 0.188 e. The van der Waals surface area contributed by atoms with Crippen molar-refractivity contribution in [3.63, 3.8) is 0 Å². The fraction of sp³-hybridized carbons (Fsp3) is 0.0714. The summed E-state index contributed by atoms with van der Waals surface area (Å²) >= 11 is 7.65. The van der Waals surface area contributed by atoms with Gasteiger partial charge >= 0.3 is 0 Å². The van der Waals surface area contributed by atoms with E-state index >= 15 is 0 Å². The van der Waals surface area contributed by atoms with E-state index in [2.05, 4.69) is 16.4 Å². The van der Waals surface area contributed by atoms with Gasteiger partial charge in [-0.25, -0.2) is 4.98 Å². The first-order chi connectivity index (χ1) is 8.72. The molecule has 2 aromatic carbocycles. The molecule has 18 heavy (non-hydrogen) atoms. The molecule has 3 aromatic rings. The number of aryl methyl sites for hydroxylation is 1. The number of thiazole rings is 1. The van der Waals surface area contributed by atoms with Crippen LogP contribution in [0.25, 0.3) is 10.2 Å². The number of nitrogens with one attached hydrogen (secondary N) is 1. The lowest BCUT2D eigenvalue weighted by molar-refractivity contribution is 1.40. The van der Waals surface area contributed by atoms with Gasteiger partial charge in [0.05, 0.1) is 10.2 Å². The van der Waals surface area contributed by atoms with E-state index in [4.69, 9.17) is 11.6 Å². The van der Waals surface area contributed by atoms with Gasteiger partial charge in [0.25, 0.3) is 0 Å². The van der Waals surface area contributed by atoms with Gasteiger partial charge in [-0.2, -0.15) is 0 Å². The van der Waals surface area contributed by atoms with Crippen LogP contribution in [-0.2, 0) is 0 Å². The van der Waals surface area contributed by atoms with E-state index < -0.39 is 0 Å². The maximum absolute atomic E-state index is 6.00. The number of anilines is 2. The molecule has 0 saturated heterocycles. The third-order valence-electron chi connectivity index (χ3n) is 2.74. The minimum absolute atomic E-state index is 0.726. The Kier molecular flexibility index (Phi) is 2.94. The normalized spacial score (nSPS) is 10.8. The molecule has 2 nitrogen and oxygen atoms in total. The minimum Gasteiger partial charge on any atom is -0.331 e. The lowest BCUT2D eigenvalue weighted by Crippen LogP contribution is -1.91. The zero-order valence-electron chi connectivity index (χ0n) is 9.77. The van der Waals surface area contributed by atoms with Gasteiger partial charge in [-0.3, -0.25) is 0 Å². The van der Waals surface area contributed by atoms with Crippen molar-refractivity contribution in [2.45, 2.75) is 6.92 Å². The van der Waals surface area contributed by atoms with Crippen LogP contribution in [0.1, 0.15) is 5.56 Å². The highest BCUT2D eigenvalue weighted by Crippen LogP contribution is 2.30. The molecule has 0 spiro atoms. The molecule has 0 amide bonds. The molecule has 0 fully saturated rings. The maximum Gasteiger partial charge on any atom is 0.188 e. The van der Waals surface area contributed by atoms with E-state index in [1.165, 1.54) is 4.70 Å². The average molecular weight is 275 g/mol. The van der Waals surface area contributed by atoms with Crippen LogP contribution in [-0.4, -0.2) is 4.98 Å². The van der Waals surface area contributed by atoms with Crippen LogP contribution >= 0.6 is 22.9 Å². The molecule has 0 radical (unpaired) electrons. The molecule has 0 aliphatic heterocycles. The maximum atomic E-state index is 6.00. The van der Waals surface area contributed by atoms with Gasteiger partial charge in [0.15, 0.2) is 5.13 Å². The van der Waals surface area contributed by atoms with Crippen molar-refractivity contribution >= 4 is 44.0 Å². The van der Waals surface area contributed by atoms with E-state index in [0.29, 0.717) is 0 Å². The molecular weight excluding hydrogens is 264 g/mol. The summed E-state index contributed by atoms with van der Waals surface area (Å²) in [4.78, 5) is 4.54. The quantitative estimate of drug-likeness (QED) is 0.711. The summed E-state index contributed by atoms with van der Waals surface area (Å²) in [6.07, 6.45) is 0. The number of nitrogens with zero attached hydrogens (tertiary/aromatic N) is 1. The van der Waals surface area contributed by atoms with Gasteiger partial charge in [-0.15, -0.1) is 0 Å². The first kappa shape index (κ1) is 11.5. The number of aromatic nitrogens is 1. The van der Waals surface area contributed by atoms with Crippen molar-refractivity contribution in [2.75, 3.05) is 5.32 Å². The molecule has 0 aliphatic carbocycles. The van der Waals surface area contributed by atoms with Crippen LogP contribution in [0, 0.1) is 6.92 Å². The minimum atomic E-state index is 0.726. The Bertz CT molecular complexity index is 673. The number of halogens is 1. The number of fused-ring (bicyclic) bond motifs is 1. The van der Waals surface area contributed by atoms with E-state index in [-0.39, 0.29) is 0 Å². The fourth-order valence-corrected chi connectivity index (χ4v) is 2.82. The Morgan fingerprint density at radius 1 is 1.17 bits per heavy atom. The van der Waals surface area contributed by atoms with Crippen molar-refractivity contribution in [2.24, 2.45) is 0 Å². The van der Waals surface area contributed by atoms with Gasteiger partial charge in [-0.05, 0) is 36.8 Å². The Morgan fingerprint density at radius 3 is 2.83 bits per heavy atom. The number of para-hydroxylation sites is 1. The Hall–Kier alpha value is -1.58. The molecule has 0 bridgehead atoms. The van der Waals surface area contributed by atoms with E-state index in [0.717, 1.165) is 26.9 Å². The SMILES string of the molecule is Cc1ccc(Cl)cc1Nc1nc2ccccc2s1. The molecule has 3 rings (SSSR count). The van der Waals surface area contributed by atoms with Crippen molar-refractivity contribution in [3.05, 3.63) is 53.1 Å². The van der Waals surface area contributed by atoms with E-state index in [9.17, 15) is 0 Å². The van der Waals surface area contributed by atoms with Gasteiger partial charge in [0.1, 0.15) is 0 Å². The lowest BCUT2D eigenvalue weighted by atomic mass is 10.2. The van der Waals surface area contributed by atoms with Gasteiger partial charge < -0.3 is 5.32 Å². The second kappa shape index (κ2) is 4.59. The summed E-state index contributed by atoms with van der Waals surface area (Å²) < 4.78 is 1.18. The van der Waals surface area contributed by atoms with Crippen LogP contribution in [0.3, 0.4) is 0 Å². The highest BCUT2D eigenvalue weighted by molar-refractivity contribution is 7.22. The Morgan fingerprint density at radius 2 is 2.00 bits per heavy atom. The monoisotopic (exact) mass is 274 g/mol. The number of hydrogen-bond acceptors (Lipinski definition) is 3. The summed E-state index contributed by atoms with van der Waals surface area (Å²) in [5.74, 6) is 0. The molecule has 4 heteroatoms. The Balaban J connectivity index is 1.98. The Labute approximate surface area is 114 Å². The van der Waals surface area contributed by atoms with Gasteiger partial charge in [0.2, 0.25) is 0 Å². The number of hydrogen-bond donors (Lipinski definition) is 1. The summed E-state index contributed by atoms with van der Waals surface area (Å²) in [5, 5.41) is 4.94. The predicted octanol–water partition coefficient (Wildman–Crippen LogP) is 5.00. The summed E-state index contributed by atoms with van der Waals surface area (Å²) in [7, 11) is 0. The molecule has 0 aliphatic rings. The summed E-state index contributed by atoms with van der Waals surface area (Å²) in [5.41, 5.74) is 3.17. The highest BCUT2D eigenvalue weighted by atomic mass is 35.5. The van der Waals surface area contributed by atoms with Crippen molar-refractivity contribution < 1.29 is 0 Å². The van der Waals surface area contributed by atoms with Gasteiger partial charge in [-0.1, -0.05) is 41.1 Å². The summed E-state index contributed by atoms with van der Waals surface area (Å²) in [6.45, 7) is 2.05. The predicted molar refractivity (Wildman–Crippen MR) is 79.1 cm³/mol. The van der Waals surface area contributed by atoms with E-state index in [1.807, 2.05) is 43.3 Å². The van der Waals surface area contributed by atoms with Crippen molar-refractivity contribution in [1.29, 1.82) is 0 Å². The molecule has 1 heterocycles. The largest absolute Gasteiger partial charge is 0.331 e. The standard InChI is InChI=1S/C14H11ClN2S/c1-9-6-7-10(15)8-12(9)17-14-16-11-4-2-3-5-13(11)18-14/h2-8H,1H3,(H,16,17). The van der Waals surface area contributed by atoms with E-state index in [1.54, 1.807) is 11.3 Å².